The molecule has 2 aromatic rings. The number of hydrogen-bond donors (Lipinski definition) is 1. The maximum atomic E-state index is 12.3. The van der Waals surface area contributed by atoms with E-state index in [2.05, 4.69) is 5.32 Å². The topological polar surface area (TPSA) is 99.9 Å². The van der Waals surface area contributed by atoms with E-state index < -0.39 is 10.8 Å². The van der Waals surface area contributed by atoms with Gasteiger partial charge in [0.2, 0.25) is 0 Å². The Bertz CT molecular complexity index is 776. The quantitative estimate of drug-likeness (QED) is 0.390. The van der Waals surface area contributed by atoms with Gasteiger partial charge in [-0.05, 0) is 36.8 Å². The first-order valence-electron chi connectivity index (χ1n) is 8.45. The molecule has 0 aliphatic carbocycles. The molecule has 0 heterocycles. The number of nitrogens with zero attached hydrogens (tertiary/aromatic N) is 1. The molecule has 0 aliphatic heterocycles. The Balaban J connectivity index is 1.97. The largest absolute Gasteiger partial charge is 0.491 e. The number of carbonyl (C=O) groups excluding carboxylic acids is 1. The fraction of sp³-hybridized carbons (Fsp3) is 0.316. The van der Waals surface area contributed by atoms with Crippen LogP contribution in [0.15, 0.2) is 42.5 Å². The molecular formula is C19H22N2O6. The van der Waals surface area contributed by atoms with Gasteiger partial charge in [0.15, 0.2) is 5.75 Å². The standard InChI is InChI=1S/C19H22N2O6/c1-3-26-18-9-6-15(12-17(18)21(23)24)19(22)20-13-14-4-7-16(8-5-14)27-11-10-25-2/h4-9,12H,3,10-11,13H2,1-2H3,(H,20,22). The number of hydrogen-bond acceptors (Lipinski definition) is 6. The summed E-state index contributed by atoms with van der Waals surface area (Å²) in [5.74, 6) is 0.453. The van der Waals surface area contributed by atoms with Crippen LogP contribution in [-0.2, 0) is 11.3 Å². The average Bonchev–Trinajstić information content (AvgIpc) is 2.67. The molecule has 2 rings (SSSR count). The minimum absolute atomic E-state index is 0.142. The Labute approximate surface area is 157 Å². The van der Waals surface area contributed by atoms with Crippen molar-refractivity contribution in [2.75, 3.05) is 26.9 Å². The van der Waals surface area contributed by atoms with E-state index in [1.54, 1.807) is 26.2 Å². The predicted molar refractivity (Wildman–Crippen MR) is 99.2 cm³/mol. The average molecular weight is 374 g/mol. The zero-order chi connectivity index (χ0) is 19.6. The monoisotopic (exact) mass is 374 g/mol. The van der Waals surface area contributed by atoms with E-state index in [0.717, 1.165) is 5.56 Å². The second-order valence-corrected chi connectivity index (χ2v) is 5.54. The minimum Gasteiger partial charge on any atom is -0.491 e. The zero-order valence-electron chi connectivity index (χ0n) is 15.3. The Morgan fingerprint density at radius 3 is 2.48 bits per heavy atom. The number of nitro groups is 1. The van der Waals surface area contributed by atoms with E-state index in [1.807, 2.05) is 12.1 Å². The summed E-state index contributed by atoms with van der Waals surface area (Å²) in [6, 6.07) is 11.4. The Hall–Kier alpha value is -3.13. The minimum atomic E-state index is -0.565. The number of nitro benzene ring substituents is 1. The molecule has 2 aromatic carbocycles. The second kappa shape index (κ2) is 10.1. The van der Waals surface area contributed by atoms with E-state index in [-0.39, 0.29) is 23.5 Å². The fourth-order valence-electron chi connectivity index (χ4n) is 2.31. The lowest BCUT2D eigenvalue weighted by Gasteiger charge is -2.09. The number of nitrogens with one attached hydrogen (secondary N) is 1. The molecule has 1 amide bonds. The number of benzene rings is 2. The van der Waals surface area contributed by atoms with Gasteiger partial charge in [0.1, 0.15) is 12.4 Å². The third kappa shape index (κ3) is 5.96. The molecule has 1 N–H and O–H groups in total. The summed E-state index contributed by atoms with van der Waals surface area (Å²) in [5.41, 5.74) is 0.842. The second-order valence-electron chi connectivity index (χ2n) is 5.54. The normalized spacial score (nSPS) is 10.3. The summed E-state index contributed by atoms with van der Waals surface area (Å²) in [7, 11) is 1.61. The lowest BCUT2D eigenvalue weighted by Crippen LogP contribution is -2.22. The highest BCUT2D eigenvalue weighted by atomic mass is 16.6. The number of ether oxygens (including phenoxy) is 3. The summed E-state index contributed by atoms with van der Waals surface area (Å²) in [5, 5.41) is 13.9. The number of methoxy groups -OCH3 is 1. The maximum absolute atomic E-state index is 12.3. The molecule has 0 atom stereocenters. The molecule has 0 fully saturated rings. The summed E-state index contributed by atoms with van der Waals surface area (Å²) < 4.78 is 15.6. The molecule has 144 valence electrons. The highest BCUT2D eigenvalue weighted by molar-refractivity contribution is 5.95. The molecule has 27 heavy (non-hydrogen) atoms. The third-order valence-corrected chi connectivity index (χ3v) is 3.65. The van der Waals surface area contributed by atoms with Gasteiger partial charge in [-0.1, -0.05) is 12.1 Å². The van der Waals surface area contributed by atoms with Crippen LogP contribution in [0.5, 0.6) is 11.5 Å². The third-order valence-electron chi connectivity index (χ3n) is 3.65. The van der Waals surface area contributed by atoms with Crippen LogP contribution in [0.1, 0.15) is 22.8 Å². The van der Waals surface area contributed by atoms with Crippen molar-refractivity contribution < 1.29 is 23.9 Å². The molecule has 0 spiro atoms. The highest BCUT2D eigenvalue weighted by Crippen LogP contribution is 2.28. The van der Waals surface area contributed by atoms with E-state index in [4.69, 9.17) is 14.2 Å². The first-order valence-corrected chi connectivity index (χ1v) is 8.45. The van der Waals surface area contributed by atoms with Crippen LogP contribution in [0, 0.1) is 10.1 Å². The summed E-state index contributed by atoms with van der Waals surface area (Å²) in [4.78, 5) is 22.9. The van der Waals surface area contributed by atoms with Crippen LogP contribution in [0.3, 0.4) is 0 Å². The van der Waals surface area contributed by atoms with Gasteiger partial charge in [-0.15, -0.1) is 0 Å². The van der Waals surface area contributed by atoms with Crippen molar-refractivity contribution >= 4 is 11.6 Å². The van der Waals surface area contributed by atoms with Crippen LogP contribution in [0.25, 0.3) is 0 Å². The van der Waals surface area contributed by atoms with Crippen LogP contribution >= 0.6 is 0 Å². The highest BCUT2D eigenvalue weighted by Gasteiger charge is 2.18. The molecule has 0 saturated heterocycles. The van der Waals surface area contributed by atoms with E-state index in [0.29, 0.717) is 25.6 Å². The van der Waals surface area contributed by atoms with Gasteiger partial charge >= 0.3 is 5.69 Å². The van der Waals surface area contributed by atoms with Gasteiger partial charge in [0, 0.05) is 25.3 Å². The summed E-state index contributed by atoms with van der Waals surface area (Å²) in [6.45, 7) is 3.29. The Morgan fingerprint density at radius 2 is 1.85 bits per heavy atom. The SMILES string of the molecule is CCOc1ccc(C(=O)NCc2ccc(OCCOC)cc2)cc1[N+](=O)[O-]. The smallest absolute Gasteiger partial charge is 0.311 e. The van der Waals surface area contributed by atoms with Gasteiger partial charge in [-0.3, -0.25) is 14.9 Å². The number of rotatable bonds is 10. The molecular weight excluding hydrogens is 352 g/mol. The van der Waals surface area contributed by atoms with Gasteiger partial charge < -0.3 is 19.5 Å². The Kier molecular flexibility index (Phi) is 7.57. The fourth-order valence-corrected chi connectivity index (χ4v) is 2.31. The molecule has 0 aromatic heterocycles. The molecule has 0 radical (unpaired) electrons. The summed E-state index contributed by atoms with van der Waals surface area (Å²) >= 11 is 0. The lowest BCUT2D eigenvalue weighted by molar-refractivity contribution is -0.385. The van der Waals surface area contributed by atoms with E-state index in [1.165, 1.54) is 18.2 Å². The molecule has 8 heteroatoms. The van der Waals surface area contributed by atoms with Crippen molar-refractivity contribution in [3.63, 3.8) is 0 Å². The molecule has 0 unspecified atom stereocenters. The molecule has 8 nitrogen and oxygen atoms in total. The van der Waals surface area contributed by atoms with Crippen molar-refractivity contribution in [3.05, 3.63) is 63.7 Å². The van der Waals surface area contributed by atoms with Crippen LogP contribution in [0.4, 0.5) is 5.69 Å². The predicted octanol–water partition coefficient (Wildman–Crippen LogP) is 2.95. The molecule has 0 bridgehead atoms. The van der Waals surface area contributed by atoms with Gasteiger partial charge in [0.25, 0.3) is 5.91 Å². The maximum Gasteiger partial charge on any atom is 0.311 e. The van der Waals surface area contributed by atoms with Crippen molar-refractivity contribution in [1.29, 1.82) is 0 Å². The zero-order valence-corrected chi connectivity index (χ0v) is 15.3. The van der Waals surface area contributed by atoms with Crippen molar-refractivity contribution in [2.24, 2.45) is 0 Å². The summed E-state index contributed by atoms with van der Waals surface area (Å²) in [6.07, 6.45) is 0. The number of amides is 1. The van der Waals surface area contributed by atoms with Crippen LogP contribution in [0.2, 0.25) is 0 Å². The van der Waals surface area contributed by atoms with Crippen molar-refractivity contribution in [3.8, 4) is 11.5 Å². The van der Waals surface area contributed by atoms with Gasteiger partial charge in [-0.2, -0.15) is 0 Å². The van der Waals surface area contributed by atoms with Crippen LogP contribution in [-0.4, -0.2) is 37.8 Å². The molecule has 0 saturated carbocycles. The number of carbonyl (C=O) groups is 1. The lowest BCUT2D eigenvalue weighted by atomic mass is 10.1. The van der Waals surface area contributed by atoms with E-state index >= 15 is 0 Å². The Morgan fingerprint density at radius 1 is 1.11 bits per heavy atom. The van der Waals surface area contributed by atoms with Crippen LogP contribution < -0.4 is 14.8 Å². The van der Waals surface area contributed by atoms with Crippen molar-refractivity contribution in [1.82, 2.24) is 5.32 Å². The van der Waals surface area contributed by atoms with Gasteiger partial charge in [0.05, 0.1) is 18.1 Å². The van der Waals surface area contributed by atoms with Gasteiger partial charge in [-0.25, -0.2) is 0 Å². The molecule has 0 aliphatic rings. The first kappa shape index (κ1) is 20.2. The van der Waals surface area contributed by atoms with Crippen molar-refractivity contribution in [2.45, 2.75) is 13.5 Å². The van der Waals surface area contributed by atoms with E-state index in [9.17, 15) is 14.9 Å². The first-order chi connectivity index (χ1) is 13.0.